The number of fused-ring (bicyclic) bond motifs is 2. The van der Waals surface area contributed by atoms with Crippen LogP contribution in [0.15, 0.2) is 176 Å². The molecule has 0 amide bonds. The quantitative estimate of drug-likeness (QED) is 0.140. The normalized spacial score (nSPS) is 14.1. The van der Waals surface area contributed by atoms with Gasteiger partial charge in [0.25, 0.3) is 0 Å². The molecule has 0 saturated heterocycles. The Hall–Kier alpha value is -6.12. The first-order valence-electron chi connectivity index (χ1n) is 17.0. The third-order valence-electron chi connectivity index (χ3n) is 9.66. The number of anilines is 3. The van der Waals surface area contributed by atoms with Crippen LogP contribution < -0.4 is 10.6 Å². The highest BCUT2D eigenvalue weighted by Crippen LogP contribution is 2.45. The van der Waals surface area contributed by atoms with Crippen LogP contribution in [0.3, 0.4) is 0 Å². The van der Waals surface area contributed by atoms with Crippen molar-refractivity contribution >= 4 is 49.9 Å². The van der Waals surface area contributed by atoms with Gasteiger partial charge >= 0.3 is 0 Å². The van der Waals surface area contributed by atoms with Crippen LogP contribution in [0.25, 0.3) is 55.1 Å². The highest BCUT2D eigenvalue weighted by molar-refractivity contribution is 6.22. The van der Waals surface area contributed by atoms with E-state index in [0.29, 0.717) is 11.6 Å². The van der Waals surface area contributed by atoms with Gasteiger partial charge < -0.3 is 10.6 Å². The number of nitrogens with zero attached hydrogens (tertiary/aromatic N) is 1. The fourth-order valence-corrected chi connectivity index (χ4v) is 7.28. The highest BCUT2D eigenvalue weighted by Gasteiger charge is 2.21. The molecule has 0 heterocycles. The van der Waals surface area contributed by atoms with Crippen molar-refractivity contribution < 1.29 is 0 Å². The van der Waals surface area contributed by atoms with Crippen molar-refractivity contribution in [3.8, 4) is 22.3 Å². The van der Waals surface area contributed by atoms with Gasteiger partial charge in [-0.25, -0.2) is 0 Å². The lowest BCUT2D eigenvalue weighted by Gasteiger charge is -2.29. The van der Waals surface area contributed by atoms with Crippen molar-refractivity contribution in [1.29, 1.82) is 0 Å². The van der Waals surface area contributed by atoms with Gasteiger partial charge in [0.2, 0.25) is 0 Å². The third-order valence-corrected chi connectivity index (χ3v) is 9.66. The van der Waals surface area contributed by atoms with E-state index in [-0.39, 0.29) is 0 Å². The molecular weight excluding hydrogens is 593 g/mol. The van der Waals surface area contributed by atoms with Gasteiger partial charge in [-0.3, -0.25) is 0 Å². The van der Waals surface area contributed by atoms with Gasteiger partial charge in [-0.1, -0.05) is 153 Å². The number of para-hydroxylation sites is 3. The monoisotopic (exact) mass is 630 g/mol. The molecular formula is C47H38N2. The molecule has 0 radical (unpaired) electrons. The van der Waals surface area contributed by atoms with Crippen molar-refractivity contribution in [3.05, 3.63) is 188 Å². The second-order valence-electron chi connectivity index (χ2n) is 12.9. The Morgan fingerprint density at radius 3 is 1.88 bits per heavy atom. The molecule has 7 aromatic rings. The molecule has 8 rings (SSSR count). The van der Waals surface area contributed by atoms with Crippen LogP contribution in [0.4, 0.5) is 17.1 Å². The molecule has 0 aliphatic heterocycles. The summed E-state index contributed by atoms with van der Waals surface area (Å²) in [6, 6.07) is 53.8. The topological polar surface area (TPSA) is 29.3 Å². The van der Waals surface area contributed by atoms with Crippen molar-refractivity contribution in [2.45, 2.75) is 13.3 Å². The van der Waals surface area contributed by atoms with E-state index in [1.165, 1.54) is 54.9 Å². The third kappa shape index (κ3) is 5.62. The first-order valence-corrected chi connectivity index (χ1v) is 17.0. The minimum atomic E-state index is 0.554. The summed E-state index contributed by atoms with van der Waals surface area (Å²) < 4.78 is 0. The van der Waals surface area contributed by atoms with Gasteiger partial charge in [-0.2, -0.15) is 0 Å². The van der Waals surface area contributed by atoms with Crippen molar-refractivity contribution in [2.24, 2.45) is 5.92 Å². The van der Waals surface area contributed by atoms with Crippen LogP contribution in [0.1, 0.15) is 24.5 Å². The first kappa shape index (κ1) is 30.2. The summed E-state index contributed by atoms with van der Waals surface area (Å²) in [5.41, 5.74) is 18.5. The van der Waals surface area contributed by atoms with E-state index >= 15 is 0 Å². The molecule has 236 valence electrons. The number of benzene rings is 7. The van der Waals surface area contributed by atoms with Gasteiger partial charge in [0.05, 0.1) is 11.4 Å². The van der Waals surface area contributed by atoms with E-state index in [2.05, 4.69) is 145 Å². The smallest absolute Gasteiger partial charge is 0.0691 e. The zero-order chi connectivity index (χ0) is 33.3. The fourth-order valence-electron chi connectivity index (χ4n) is 7.28. The summed E-state index contributed by atoms with van der Waals surface area (Å²) in [4.78, 5) is 2.16. The number of nitrogens with two attached hydrogens (primary N) is 1. The molecule has 49 heavy (non-hydrogen) atoms. The lowest BCUT2D eigenvalue weighted by molar-refractivity contribution is 0.740. The molecule has 0 saturated carbocycles. The van der Waals surface area contributed by atoms with Gasteiger partial charge in [0.15, 0.2) is 0 Å². The van der Waals surface area contributed by atoms with Crippen LogP contribution in [0, 0.1) is 5.92 Å². The van der Waals surface area contributed by atoms with E-state index in [1.54, 1.807) is 0 Å². The molecule has 0 spiro atoms. The zero-order valence-electron chi connectivity index (χ0n) is 27.7. The molecule has 7 aromatic carbocycles. The summed E-state index contributed by atoms with van der Waals surface area (Å²) in [6.45, 7) is 6.97. The minimum absolute atomic E-state index is 0.554. The molecule has 1 aliphatic carbocycles. The fraction of sp³-hybridized carbons (Fsp3) is 0.0638. The molecule has 0 fully saturated rings. The standard InChI is InChI=1S/C47H38N2/c1-32-14-13-17-38(30-32)34-24-26-36(27-25-34)46-40-20-9-10-21-41(40)47(35-15-5-3-6-16-35)43-31-37(28-29-42(43)46)33(2)49(39-18-7-4-8-19-39)45-23-12-11-22-44(45)48/h3-13,15-32H,2,14,48H2,1H3. The van der Waals surface area contributed by atoms with Crippen molar-refractivity contribution in [2.75, 3.05) is 10.6 Å². The van der Waals surface area contributed by atoms with Gasteiger partial charge in [-0.15, -0.1) is 0 Å². The number of hydrogen-bond acceptors (Lipinski definition) is 2. The second-order valence-corrected chi connectivity index (χ2v) is 12.9. The Morgan fingerprint density at radius 1 is 0.612 bits per heavy atom. The average Bonchev–Trinajstić information content (AvgIpc) is 3.15. The maximum atomic E-state index is 6.59. The molecule has 0 aromatic heterocycles. The summed E-state index contributed by atoms with van der Waals surface area (Å²) >= 11 is 0. The SMILES string of the molecule is C=C(c1ccc2c(-c3ccc(C4=CC(C)CC=C4)cc3)c3ccccc3c(-c3ccccc3)c2c1)N(c1ccccc1)c1ccccc1N. The Bertz CT molecular complexity index is 2380. The largest absolute Gasteiger partial charge is 0.397 e. The summed E-state index contributed by atoms with van der Waals surface area (Å²) in [5, 5.41) is 4.85. The summed E-state index contributed by atoms with van der Waals surface area (Å²) in [6.07, 6.45) is 8.02. The van der Waals surface area contributed by atoms with Gasteiger partial charge in [-0.05, 0) is 103 Å². The van der Waals surface area contributed by atoms with E-state index < -0.39 is 0 Å². The number of allylic oxidation sites excluding steroid dienone is 4. The lowest BCUT2D eigenvalue weighted by Crippen LogP contribution is -2.16. The van der Waals surface area contributed by atoms with Crippen LogP contribution in [0.2, 0.25) is 0 Å². The minimum Gasteiger partial charge on any atom is -0.397 e. The Labute approximate surface area is 288 Å². The number of hydrogen-bond donors (Lipinski definition) is 1. The lowest BCUT2D eigenvalue weighted by atomic mass is 9.84. The summed E-state index contributed by atoms with van der Waals surface area (Å²) in [5.74, 6) is 0.554. The molecule has 1 aliphatic rings. The van der Waals surface area contributed by atoms with E-state index in [1.807, 2.05) is 36.4 Å². The van der Waals surface area contributed by atoms with E-state index in [4.69, 9.17) is 12.3 Å². The van der Waals surface area contributed by atoms with Crippen LogP contribution >= 0.6 is 0 Å². The van der Waals surface area contributed by atoms with Crippen LogP contribution in [0.5, 0.6) is 0 Å². The number of rotatable bonds is 7. The number of nitrogen functional groups attached to an aromatic ring is 1. The second kappa shape index (κ2) is 12.8. The highest BCUT2D eigenvalue weighted by atomic mass is 15.2. The predicted octanol–water partition coefficient (Wildman–Crippen LogP) is 12.7. The van der Waals surface area contributed by atoms with Crippen molar-refractivity contribution in [1.82, 2.24) is 0 Å². The predicted molar refractivity (Wildman–Crippen MR) is 212 cm³/mol. The molecule has 0 bridgehead atoms. The molecule has 2 N–H and O–H groups in total. The van der Waals surface area contributed by atoms with E-state index in [0.717, 1.165) is 29.1 Å². The Kier molecular flexibility index (Phi) is 7.91. The molecule has 2 heteroatoms. The van der Waals surface area contributed by atoms with Crippen molar-refractivity contribution in [3.63, 3.8) is 0 Å². The molecule has 2 nitrogen and oxygen atoms in total. The zero-order valence-corrected chi connectivity index (χ0v) is 27.7. The maximum Gasteiger partial charge on any atom is 0.0691 e. The van der Waals surface area contributed by atoms with Crippen LogP contribution in [-0.4, -0.2) is 0 Å². The van der Waals surface area contributed by atoms with Gasteiger partial charge in [0.1, 0.15) is 0 Å². The van der Waals surface area contributed by atoms with E-state index in [9.17, 15) is 0 Å². The maximum absolute atomic E-state index is 6.59. The molecule has 1 atom stereocenters. The summed E-state index contributed by atoms with van der Waals surface area (Å²) in [7, 11) is 0. The average molecular weight is 631 g/mol. The molecule has 1 unspecified atom stereocenters. The Balaban J connectivity index is 1.36. The van der Waals surface area contributed by atoms with Gasteiger partial charge in [0, 0.05) is 11.4 Å². The first-order chi connectivity index (χ1) is 24.1. The van der Waals surface area contributed by atoms with Crippen LogP contribution in [-0.2, 0) is 0 Å². The Morgan fingerprint density at radius 2 is 1.18 bits per heavy atom.